The van der Waals surface area contributed by atoms with Crippen LogP contribution in [-0.4, -0.2) is 43.6 Å². The fourth-order valence-electron chi connectivity index (χ4n) is 2.16. The van der Waals surface area contributed by atoms with Crippen LogP contribution < -0.4 is 10.6 Å². The highest BCUT2D eigenvalue weighted by atomic mass is 16.5. The molecular formula is C12H24N4O. The quantitative estimate of drug-likeness (QED) is 0.713. The Hall–Kier alpha value is -1.07. The molecule has 0 radical (unpaired) electrons. The Kier molecular flexibility index (Phi) is 5.44. The van der Waals surface area contributed by atoms with Crippen LogP contribution >= 0.6 is 0 Å². The van der Waals surface area contributed by atoms with Crippen LogP contribution in [0.5, 0.6) is 0 Å². The lowest BCUT2D eigenvalue weighted by molar-refractivity contribution is 0.196. The van der Waals surface area contributed by atoms with E-state index >= 15 is 0 Å². The first-order chi connectivity index (χ1) is 8.11. The van der Waals surface area contributed by atoms with Crippen molar-refractivity contribution < 1.29 is 4.74 Å². The monoisotopic (exact) mass is 240 g/mol. The van der Waals surface area contributed by atoms with E-state index in [2.05, 4.69) is 17.0 Å². The van der Waals surface area contributed by atoms with Gasteiger partial charge in [0.2, 0.25) is 0 Å². The summed E-state index contributed by atoms with van der Waals surface area (Å²) < 4.78 is 7.01. The van der Waals surface area contributed by atoms with E-state index in [1.54, 1.807) is 7.11 Å². The van der Waals surface area contributed by atoms with Crippen molar-refractivity contribution in [3.8, 4) is 0 Å². The lowest BCUT2D eigenvalue weighted by Gasteiger charge is -2.20. The molecule has 0 aliphatic carbocycles. The van der Waals surface area contributed by atoms with Crippen LogP contribution in [0.4, 0.5) is 5.82 Å². The number of rotatable bonds is 7. The van der Waals surface area contributed by atoms with Gasteiger partial charge in [-0.2, -0.15) is 5.10 Å². The number of hydrogen-bond donors (Lipinski definition) is 1. The van der Waals surface area contributed by atoms with Crippen molar-refractivity contribution in [3.05, 3.63) is 11.3 Å². The number of ether oxygens (including phenoxy) is 1. The molecule has 0 unspecified atom stereocenters. The van der Waals surface area contributed by atoms with Gasteiger partial charge in [-0.05, 0) is 26.3 Å². The minimum absolute atomic E-state index is 0.658. The summed E-state index contributed by atoms with van der Waals surface area (Å²) in [6.07, 6.45) is 1.89. The second kappa shape index (κ2) is 6.61. The van der Waals surface area contributed by atoms with E-state index in [1.165, 1.54) is 11.4 Å². The zero-order chi connectivity index (χ0) is 12.8. The molecule has 98 valence electrons. The zero-order valence-electron chi connectivity index (χ0n) is 11.4. The van der Waals surface area contributed by atoms with Crippen LogP contribution in [0.2, 0.25) is 0 Å². The molecule has 5 heteroatoms. The summed E-state index contributed by atoms with van der Waals surface area (Å²) in [5.41, 5.74) is 7.99. The predicted molar refractivity (Wildman–Crippen MR) is 70.5 cm³/mol. The Morgan fingerprint density at radius 2 is 2.18 bits per heavy atom. The molecule has 0 bridgehead atoms. The molecule has 0 amide bonds. The maximum absolute atomic E-state index is 5.65. The molecule has 0 atom stereocenters. The molecular weight excluding hydrogens is 216 g/mol. The van der Waals surface area contributed by atoms with E-state index in [0.29, 0.717) is 6.54 Å². The minimum Gasteiger partial charge on any atom is -0.385 e. The molecule has 1 aromatic rings. The first kappa shape index (κ1) is 14.0. The molecule has 0 saturated carbocycles. The molecule has 0 aliphatic rings. The van der Waals surface area contributed by atoms with Crippen LogP contribution in [-0.2, 0) is 18.2 Å². The molecule has 1 rings (SSSR count). The van der Waals surface area contributed by atoms with Crippen LogP contribution in [0.3, 0.4) is 0 Å². The predicted octanol–water partition coefficient (Wildman–Crippen LogP) is 0.702. The van der Waals surface area contributed by atoms with Gasteiger partial charge in [0, 0.05) is 39.9 Å². The average molecular weight is 240 g/mol. The maximum atomic E-state index is 5.65. The Labute approximate surface area is 104 Å². The Bertz CT molecular complexity index is 349. The summed E-state index contributed by atoms with van der Waals surface area (Å²) >= 11 is 0. The summed E-state index contributed by atoms with van der Waals surface area (Å²) in [4.78, 5) is 2.23. The highest BCUT2D eigenvalue weighted by molar-refractivity contribution is 5.49. The van der Waals surface area contributed by atoms with Crippen LogP contribution in [0.1, 0.15) is 17.7 Å². The Morgan fingerprint density at radius 1 is 1.47 bits per heavy atom. The number of nitrogens with two attached hydrogens (primary N) is 1. The number of aryl methyl sites for hydroxylation is 2. The first-order valence-corrected chi connectivity index (χ1v) is 6.04. The molecule has 5 nitrogen and oxygen atoms in total. The van der Waals surface area contributed by atoms with Crippen LogP contribution in [0, 0.1) is 6.92 Å². The molecule has 0 spiro atoms. The molecule has 0 aromatic carbocycles. The fourth-order valence-corrected chi connectivity index (χ4v) is 2.16. The molecule has 0 saturated heterocycles. The summed E-state index contributed by atoms with van der Waals surface area (Å²) in [5.74, 6) is 1.17. The lowest BCUT2D eigenvalue weighted by atomic mass is 10.1. The molecule has 0 fully saturated rings. The minimum atomic E-state index is 0.658. The van der Waals surface area contributed by atoms with Gasteiger partial charge in [0.05, 0.1) is 5.69 Å². The summed E-state index contributed by atoms with van der Waals surface area (Å²) in [5, 5.41) is 4.47. The van der Waals surface area contributed by atoms with E-state index in [0.717, 1.165) is 31.7 Å². The first-order valence-electron chi connectivity index (χ1n) is 6.04. The summed E-state index contributed by atoms with van der Waals surface area (Å²) in [7, 11) is 5.80. The molecule has 1 aromatic heterocycles. The van der Waals surface area contributed by atoms with Crippen LogP contribution in [0.25, 0.3) is 0 Å². The van der Waals surface area contributed by atoms with Gasteiger partial charge in [-0.3, -0.25) is 4.68 Å². The summed E-state index contributed by atoms with van der Waals surface area (Å²) in [6, 6.07) is 0. The smallest absolute Gasteiger partial charge is 0.129 e. The van der Waals surface area contributed by atoms with Gasteiger partial charge >= 0.3 is 0 Å². The third kappa shape index (κ3) is 3.44. The molecule has 0 aliphatic heterocycles. The van der Waals surface area contributed by atoms with Crippen molar-refractivity contribution >= 4 is 5.82 Å². The Morgan fingerprint density at radius 3 is 2.76 bits per heavy atom. The normalized spacial score (nSPS) is 10.9. The third-order valence-corrected chi connectivity index (χ3v) is 2.91. The van der Waals surface area contributed by atoms with Gasteiger partial charge in [0.1, 0.15) is 5.82 Å². The number of nitrogens with zero attached hydrogens (tertiary/aromatic N) is 3. The second-order valence-electron chi connectivity index (χ2n) is 4.32. The van der Waals surface area contributed by atoms with Gasteiger partial charge < -0.3 is 15.4 Å². The summed E-state index contributed by atoms with van der Waals surface area (Å²) in [6.45, 7) is 4.45. The number of aromatic nitrogens is 2. The third-order valence-electron chi connectivity index (χ3n) is 2.91. The van der Waals surface area contributed by atoms with Crippen molar-refractivity contribution in [2.24, 2.45) is 12.8 Å². The highest BCUT2D eigenvalue weighted by Crippen LogP contribution is 2.22. The van der Waals surface area contributed by atoms with Gasteiger partial charge in [0.25, 0.3) is 0 Å². The molecule has 1 heterocycles. The number of hydrogen-bond acceptors (Lipinski definition) is 4. The largest absolute Gasteiger partial charge is 0.385 e. The maximum Gasteiger partial charge on any atom is 0.129 e. The highest BCUT2D eigenvalue weighted by Gasteiger charge is 2.15. The van der Waals surface area contributed by atoms with Crippen molar-refractivity contribution in [1.82, 2.24) is 9.78 Å². The fraction of sp³-hybridized carbons (Fsp3) is 0.750. The standard InChI is InChI=1S/C12H24N4O/c1-10-11(6-7-13)12(16(3)14-10)15(2)8-5-9-17-4/h5-9,13H2,1-4H3. The van der Waals surface area contributed by atoms with Crippen molar-refractivity contribution in [2.75, 3.05) is 38.8 Å². The van der Waals surface area contributed by atoms with E-state index in [9.17, 15) is 0 Å². The second-order valence-corrected chi connectivity index (χ2v) is 4.32. The lowest BCUT2D eigenvalue weighted by Crippen LogP contribution is -2.24. The van der Waals surface area contributed by atoms with E-state index < -0.39 is 0 Å². The topological polar surface area (TPSA) is 56.3 Å². The number of anilines is 1. The van der Waals surface area contributed by atoms with Gasteiger partial charge in [-0.25, -0.2) is 0 Å². The van der Waals surface area contributed by atoms with Crippen LogP contribution in [0.15, 0.2) is 0 Å². The van der Waals surface area contributed by atoms with Crippen molar-refractivity contribution in [2.45, 2.75) is 19.8 Å². The van der Waals surface area contributed by atoms with E-state index in [4.69, 9.17) is 10.5 Å². The SMILES string of the molecule is COCCCN(C)c1c(CCN)c(C)nn1C. The Balaban J connectivity index is 2.79. The van der Waals surface area contributed by atoms with Crippen molar-refractivity contribution in [3.63, 3.8) is 0 Å². The number of methoxy groups -OCH3 is 1. The average Bonchev–Trinajstić information content (AvgIpc) is 2.55. The molecule has 2 N–H and O–H groups in total. The van der Waals surface area contributed by atoms with E-state index in [1.807, 2.05) is 18.7 Å². The molecule has 17 heavy (non-hydrogen) atoms. The van der Waals surface area contributed by atoms with E-state index in [-0.39, 0.29) is 0 Å². The zero-order valence-corrected chi connectivity index (χ0v) is 11.4. The van der Waals surface area contributed by atoms with Gasteiger partial charge in [-0.1, -0.05) is 0 Å². The van der Waals surface area contributed by atoms with Gasteiger partial charge in [0.15, 0.2) is 0 Å². The van der Waals surface area contributed by atoms with Crippen molar-refractivity contribution in [1.29, 1.82) is 0 Å². The van der Waals surface area contributed by atoms with Gasteiger partial charge in [-0.15, -0.1) is 0 Å².